The molecule has 1 aromatic rings. The van der Waals surface area contributed by atoms with Gasteiger partial charge in [0.05, 0.1) is 12.1 Å². The van der Waals surface area contributed by atoms with Gasteiger partial charge in [0.25, 0.3) is 0 Å². The van der Waals surface area contributed by atoms with Crippen molar-refractivity contribution in [3.8, 4) is 11.5 Å². The van der Waals surface area contributed by atoms with Gasteiger partial charge in [0, 0.05) is 23.6 Å². The molecule has 0 spiro atoms. The minimum Gasteiger partial charge on any atom is -0.454 e. The van der Waals surface area contributed by atoms with Crippen molar-refractivity contribution in [2.24, 2.45) is 5.92 Å². The highest BCUT2D eigenvalue weighted by atomic mass is 32.2. The van der Waals surface area contributed by atoms with E-state index in [2.05, 4.69) is 22.9 Å². The van der Waals surface area contributed by atoms with Crippen molar-refractivity contribution in [1.29, 1.82) is 0 Å². The lowest BCUT2D eigenvalue weighted by Gasteiger charge is -2.47. The summed E-state index contributed by atoms with van der Waals surface area (Å²) >= 11 is 1.70. The third kappa shape index (κ3) is 3.28. The number of amides is 1. The summed E-state index contributed by atoms with van der Waals surface area (Å²) in [5.74, 6) is 1.73. The molecular formula is C21H25N3O4S. The molecule has 1 aromatic carbocycles. The first kappa shape index (κ1) is 18.8. The molecule has 0 aromatic heterocycles. The molecule has 8 heteroatoms. The second kappa shape index (κ2) is 7.57. The molecule has 29 heavy (non-hydrogen) atoms. The van der Waals surface area contributed by atoms with E-state index in [1.807, 2.05) is 18.2 Å². The Hall–Kier alpha value is -2.19. The van der Waals surface area contributed by atoms with Crippen molar-refractivity contribution >= 4 is 23.5 Å². The normalized spacial score (nSPS) is 30.4. The average molecular weight is 416 g/mol. The number of allylic oxidation sites excluding steroid dienone is 2. The van der Waals surface area contributed by atoms with Gasteiger partial charge in [0.2, 0.25) is 12.7 Å². The lowest BCUT2D eigenvalue weighted by atomic mass is 9.70. The molecule has 5 rings (SSSR count). The van der Waals surface area contributed by atoms with Crippen LogP contribution in [0, 0.1) is 5.92 Å². The fourth-order valence-corrected chi connectivity index (χ4v) is 5.62. The van der Waals surface area contributed by atoms with E-state index >= 15 is 0 Å². The van der Waals surface area contributed by atoms with E-state index in [0.717, 1.165) is 41.8 Å². The summed E-state index contributed by atoms with van der Waals surface area (Å²) in [5, 5.41) is 10.1. The van der Waals surface area contributed by atoms with Crippen LogP contribution in [0.2, 0.25) is 0 Å². The maximum Gasteiger partial charge on any atom is 0.231 e. The van der Waals surface area contributed by atoms with Gasteiger partial charge in [-0.25, -0.2) is 0 Å². The van der Waals surface area contributed by atoms with E-state index in [1.165, 1.54) is 0 Å². The average Bonchev–Trinajstić information content (AvgIpc) is 3.19. The SMILES string of the molecule is CCCSC1NC(=O)C2C(NC3=C(C(=O)CCC3)C2c2ccc3c(c2)OCO3)N1. The Labute approximate surface area is 174 Å². The van der Waals surface area contributed by atoms with Crippen LogP contribution in [-0.2, 0) is 9.59 Å². The van der Waals surface area contributed by atoms with E-state index in [-0.39, 0.29) is 36.1 Å². The van der Waals surface area contributed by atoms with Crippen molar-refractivity contribution in [3.63, 3.8) is 0 Å². The summed E-state index contributed by atoms with van der Waals surface area (Å²) < 4.78 is 11.0. The number of carbonyl (C=O) groups excluding carboxylic acids is 2. The van der Waals surface area contributed by atoms with Crippen LogP contribution >= 0.6 is 11.8 Å². The molecule has 1 fully saturated rings. The van der Waals surface area contributed by atoms with Gasteiger partial charge in [-0.05, 0) is 42.7 Å². The van der Waals surface area contributed by atoms with Crippen LogP contribution in [0.25, 0.3) is 0 Å². The molecular weight excluding hydrogens is 390 g/mol. The molecule has 7 nitrogen and oxygen atoms in total. The molecule has 0 bridgehead atoms. The first-order chi connectivity index (χ1) is 14.2. The van der Waals surface area contributed by atoms with Crippen LogP contribution in [-0.4, -0.2) is 35.9 Å². The van der Waals surface area contributed by atoms with Crippen molar-refractivity contribution in [3.05, 3.63) is 35.0 Å². The Bertz CT molecular complexity index is 887. The summed E-state index contributed by atoms with van der Waals surface area (Å²) in [6.07, 6.45) is 3.04. The molecule has 1 amide bonds. The zero-order chi connectivity index (χ0) is 20.0. The minimum absolute atomic E-state index is 0.0255. The first-order valence-electron chi connectivity index (χ1n) is 10.3. The van der Waals surface area contributed by atoms with Crippen LogP contribution in [0.5, 0.6) is 11.5 Å². The van der Waals surface area contributed by atoms with Gasteiger partial charge in [-0.2, -0.15) is 0 Å². The number of nitrogens with one attached hydrogen (secondary N) is 3. The number of hydrogen-bond donors (Lipinski definition) is 3. The number of hydrogen-bond acceptors (Lipinski definition) is 7. The quantitative estimate of drug-likeness (QED) is 0.695. The fourth-order valence-electron chi connectivity index (χ4n) is 4.71. The Morgan fingerprint density at radius 1 is 1.14 bits per heavy atom. The number of rotatable bonds is 4. The predicted molar refractivity (Wildman–Crippen MR) is 109 cm³/mol. The number of carbonyl (C=O) groups is 2. The number of Topliss-reactive ketones (excluding diaryl/α,β-unsaturated/α-hetero) is 1. The highest BCUT2D eigenvalue weighted by molar-refractivity contribution is 7.99. The van der Waals surface area contributed by atoms with Gasteiger partial charge in [-0.15, -0.1) is 11.8 Å². The predicted octanol–water partition coefficient (Wildman–Crippen LogP) is 2.20. The molecule has 0 radical (unpaired) electrons. The molecule has 4 unspecified atom stereocenters. The number of fused-ring (bicyclic) bond motifs is 2. The summed E-state index contributed by atoms with van der Waals surface area (Å²) in [6, 6.07) is 5.75. The van der Waals surface area contributed by atoms with E-state index in [9.17, 15) is 9.59 Å². The van der Waals surface area contributed by atoms with E-state index < -0.39 is 5.92 Å². The van der Waals surface area contributed by atoms with Gasteiger partial charge in [-0.3, -0.25) is 14.9 Å². The van der Waals surface area contributed by atoms with Crippen LogP contribution in [0.4, 0.5) is 0 Å². The maximum atomic E-state index is 13.2. The van der Waals surface area contributed by atoms with Crippen LogP contribution < -0.4 is 25.4 Å². The van der Waals surface area contributed by atoms with Crippen LogP contribution in [0.15, 0.2) is 29.5 Å². The van der Waals surface area contributed by atoms with E-state index in [1.54, 1.807) is 11.8 Å². The molecule has 0 saturated carbocycles. The Morgan fingerprint density at radius 3 is 2.86 bits per heavy atom. The fraction of sp³-hybridized carbons (Fsp3) is 0.524. The zero-order valence-electron chi connectivity index (χ0n) is 16.3. The number of ketones is 1. The summed E-state index contributed by atoms with van der Waals surface area (Å²) in [5.41, 5.74) is 2.53. The lowest BCUT2D eigenvalue weighted by Crippen LogP contribution is -2.67. The number of thioether (sulfide) groups is 1. The highest BCUT2D eigenvalue weighted by Crippen LogP contribution is 2.46. The van der Waals surface area contributed by atoms with Crippen molar-refractivity contribution in [2.45, 2.75) is 50.2 Å². The minimum atomic E-state index is -0.408. The molecule has 1 saturated heterocycles. The largest absolute Gasteiger partial charge is 0.454 e. The third-order valence-corrected chi connectivity index (χ3v) is 7.20. The van der Waals surface area contributed by atoms with Gasteiger partial charge in [-0.1, -0.05) is 13.0 Å². The van der Waals surface area contributed by atoms with E-state index in [0.29, 0.717) is 17.9 Å². The molecule has 3 aliphatic heterocycles. The number of benzene rings is 1. The standard InChI is InChI=1S/C21H25N3O4S/c1-2-8-29-21-23-19-18(20(26)24-21)16(17-12(22-19)4-3-5-13(17)25)11-6-7-14-15(9-11)28-10-27-14/h6-7,9,16,18-19,21-23H,2-5,8,10H2,1H3,(H,24,26). The zero-order valence-corrected chi connectivity index (χ0v) is 17.1. The van der Waals surface area contributed by atoms with E-state index in [4.69, 9.17) is 9.47 Å². The van der Waals surface area contributed by atoms with Crippen LogP contribution in [0.1, 0.15) is 44.1 Å². The van der Waals surface area contributed by atoms with Crippen LogP contribution in [0.3, 0.4) is 0 Å². The third-order valence-electron chi connectivity index (χ3n) is 5.97. The maximum absolute atomic E-state index is 13.2. The Balaban J connectivity index is 1.55. The highest BCUT2D eigenvalue weighted by Gasteiger charge is 2.49. The smallest absolute Gasteiger partial charge is 0.231 e. The lowest BCUT2D eigenvalue weighted by molar-refractivity contribution is -0.130. The molecule has 4 aliphatic rings. The first-order valence-corrected chi connectivity index (χ1v) is 11.3. The molecule has 3 N–H and O–H groups in total. The Kier molecular flexibility index (Phi) is 4.91. The monoisotopic (exact) mass is 415 g/mol. The van der Waals surface area contributed by atoms with Crippen molar-refractivity contribution in [1.82, 2.24) is 16.0 Å². The molecule has 1 aliphatic carbocycles. The second-order valence-corrected chi connectivity index (χ2v) is 9.05. The molecule has 3 heterocycles. The van der Waals surface area contributed by atoms with Gasteiger partial charge in [0.1, 0.15) is 5.50 Å². The van der Waals surface area contributed by atoms with Gasteiger partial charge in [0.15, 0.2) is 17.3 Å². The molecule has 4 atom stereocenters. The Morgan fingerprint density at radius 2 is 2.00 bits per heavy atom. The summed E-state index contributed by atoms with van der Waals surface area (Å²) in [6.45, 7) is 2.32. The number of ether oxygens (including phenoxy) is 2. The topological polar surface area (TPSA) is 88.7 Å². The summed E-state index contributed by atoms with van der Waals surface area (Å²) in [7, 11) is 0. The summed E-state index contributed by atoms with van der Waals surface area (Å²) in [4.78, 5) is 26.1. The second-order valence-electron chi connectivity index (χ2n) is 7.83. The van der Waals surface area contributed by atoms with Gasteiger partial charge >= 0.3 is 0 Å². The van der Waals surface area contributed by atoms with Crippen molar-refractivity contribution < 1.29 is 19.1 Å². The van der Waals surface area contributed by atoms with Crippen molar-refractivity contribution in [2.75, 3.05) is 12.5 Å². The molecule has 154 valence electrons. The van der Waals surface area contributed by atoms with Gasteiger partial charge < -0.3 is 20.1 Å².